The molecule has 2 aromatic rings. The number of carboxylic acid groups (broad SMARTS) is 1. The molecule has 0 saturated carbocycles. The van der Waals surface area contributed by atoms with Crippen LogP contribution in [0.4, 0.5) is 13.2 Å². The molecule has 0 aliphatic rings. The van der Waals surface area contributed by atoms with Gasteiger partial charge >= 0.3 is 12.1 Å². The van der Waals surface area contributed by atoms with Gasteiger partial charge in [0.05, 0.1) is 24.8 Å². The lowest BCUT2D eigenvalue weighted by molar-refractivity contribution is -0.175. The zero-order chi connectivity index (χ0) is 40.6. The highest BCUT2D eigenvalue weighted by Crippen LogP contribution is 2.22. The predicted octanol–water partition coefficient (Wildman–Crippen LogP) is 2.90. The molecule has 0 aromatic heterocycles. The summed E-state index contributed by atoms with van der Waals surface area (Å²) < 4.78 is 50.8. The number of carbonyl (C=O) groups excluding carboxylic acids is 5. The average Bonchev–Trinajstić information content (AvgIpc) is 3.13. The Morgan fingerprint density at radius 1 is 0.981 bits per heavy atom. The number of hydrogen-bond donors (Lipinski definition) is 5. The number of nitriles is 1. The van der Waals surface area contributed by atoms with E-state index in [1.165, 1.54) is 69.5 Å². The molecular weight excluding hydrogens is 715 g/mol. The third kappa shape index (κ3) is 13.9. The van der Waals surface area contributed by atoms with E-state index in [0.717, 1.165) is 0 Å². The smallest absolute Gasteiger partial charge is 0.452 e. The van der Waals surface area contributed by atoms with Gasteiger partial charge in [0.2, 0.25) is 11.8 Å². The minimum absolute atomic E-state index is 0.0420. The molecule has 288 valence electrons. The second kappa shape index (κ2) is 20.6. The van der Waals surface area contributed by atoms with Crippen molar-refractivity contribution in [2.45, 2.75) is 51.5 Å². The Morgan fingerprint density at radius 3 is 2.26 bits per heavy atom. The van der Waals surface area contributed by atoms with Gasteiger partial charge in [-0.3, -0.25) is 28.8 Å². The van der Waals surface area contributed by atoms with E-state index < -0.39 is 78.8 Å². The van der Waals surface area contributed by atoms with Crippen LogP contribution in [0.1, 0.15) is 42.3 Å². The van der Waals surface area contributed by atoms with Crippen molar-refractivity contribution in [3.05, 3.63) is 101 Å². The average molecular weight is 756 g/mol. The SMILES string of the molecule is C=C(/C=C\C(=C/C)OC)[C@H](NC(=O)[C@H](Cc1cccc(C#N)c1)NC(=O)c1cccc(OCC(=O)NCC(=O)O)c1)C(=O)N[C@H](C(=O)C(F)(F)F)C(C)C. The number of carboxylic acids is 1. The minimum Gasteiger partial charge on any atom is -0.497 e. The fraction of sp³-hybridized carbons (Fsp3) is 0.324. The highest BCUT2D eigenvalue weighted by molar-refractivity contribution is 6.00. The molecule has 4 amide bonds. The van der Waals surface area contributed by atoms with Crippen LogP contribution in [-0.2, 0) is 35.1 Å². The normalized spacial score (nSPS) is 13.1. The topological polar surface area (TPSA) is 213 Å². The van der Waals surface area contributed by atoms with Gasteiger partial charge in [-0.05, 0) is 66.5 Å². The summed E-state index contributed by atoms with van der Waals surface area (Å²) in [5, 5.41) is 27.3. The first-order valence-corrected chi connectivity index (χ1v) is 16.2. The summed E-state index contributed by atoms with van der Waals surface area (Å²) in [7, 11) is 1.36. The standard InChI is InChI=1S/C37H40F3N5O9/c1-6-26(53-5)14-13-22(4)32(36(52)44-31(21(2)3)33(49)37(38,39)40)45-35(51)28(16-23-9-7-10-24(15-23)18-41)43-34(50)25-11-8-12-27(17-25)54-20-29(46)42-19-30(47)48/h6-15,17,21,28,31-32H,4,16,19-20H2,1-3,5H3,(H,42,46)(H,43,50)(H,44,52)(H,45,51)(H,47,48)/b14-13-,26-6+/t28-,31-,32-/m0/s1. The van der Waals surface area contributed by atoms with Crippen LogP contribution in [0.5, 0.6) is 5.75 Å². The molecule has 0 saturated heterocycles. The summed E-state index contributed by atoms with van der Waals surface area (Å²) in [6, 6.07) is 8.22. The van der Waals surface area contributed by atoms with Crippen molar-refractivity contribution >= 4 is 35.4 Å². The molecule has 0 heterocycles. The molecule has 14 nitrogen and oxygen atoms in total. The van der Waals surface area contributed by atoms with E-state index in [1.807, 2.05) is 6.07 Å². The number of ether oxygens (including phenoxy) is 2. The maximum Gasteiger partial charge on any atom is 0.452 e. The minimum atomic E-state index is -5.28. The molecule has 54 heavy (non-hydrogen) atoms. The van der Waals surface area contributed by atoms with Gasteiger partial charge in [-0.25, -0.2) is 0 Å². The Kier molecular flexibility index (Phi) is 16.6. The molecule has 0 spiro atoms. The van der Waals surface area contributed by atoms with Gasteiger partial charge < -0.3 is 35.8 Å². The number of rotatable bonds is 19. The molecule has 0 unspecified atom stereocenters. The zero-order valence-electron chi connectivity index (χ0n) is 29.8. The maximum absolute atomic E-state index is 14.0. The van der Waals surface area contributed by atoms with Crippen molar-refractivity contribution in [3.63, 3.8) is 0 Å². The van der Waals surface area contributed by atoms with E-state index in [9.17, 15) is 47.2 Å². The first-order chi connectivity index (χ1) is 25.4. The summed E-state index contributed by atoms with van der Waals surface area (Å²) in [4.78, 5) is 75.9. The molecule has 2 aromatic carbocycles. The molecule has 0 aliphatic carbocycles. The van der Waals surface area contributed by atoms with Crippen molar-refractivity contribution in [1.82, 2.24) is 21.3 Å². The number of carbonyl (C=O) groups is 6. The van der Waals surface area contributed by atoms with Crippen molar-refractivity contribution in [3.8, 4) is 11.8 Å². The number of halogens is 3. The predicted molar refractivity (Wildman–Crippen MR) is 188 cm³/mol. The Labute approximate surface area is 309 Å². The number of nitrogens with zero attached hydrogens (tertiary/aromatic N) is 1. The number of nitrogens with one attached hydrogen (secondary N) is 4. The van der Waals surface area contributed by atoms with Gasteiger partial charge in [0.25, 0.3) is 17.6 Å². The van der Waals surface area contributed by atoms with Gasteiger partial charge in [-0.2, -0.15) is 18.4 Å². The van der Waals surface area contributed by atoms with Crippen LogP contribution in [0.25, 0.3) is 0 Å². The molecule has 5 N–H and O–H groups in total. The van der Waals surface area contributed by atoms with Gasteiger partial charge in [-0.15, -0.1) is 0 Å². The number of methoxy groups -OCH3 is 1. The van der Waals surface area contributed by atoms with Crippen LogP contribution in [0.3, 0.4) is 0 Å². The van der Waals surface area contributed by atoms with Crippen LogP contribution in [0.2, 0.25) is 0 Å². The van der Waals surface area contributed by atoms with Crippen LogP contribution >= 0.6 is 0 Å². The lowest BCUT2D eigenvalue weighted by Gasteiger charge is -2.27. The Bertz CT molecular complexity index is 1830. The van der Waals surface area contributed by atoms with E-state index in [1.54, 1.807) is 25.1 Å². The number of hydrogen-bond acceptors (Lipinski definition) is 9. The van der Waals surface area contributed by atoms with E-state index in [4.69, 9.17) is 14.6 Å². The summed E-state index contributed by atoms with van der Waals surface area (Å²) in [5.41, 5.74) is 0.464. The zero-order valence-corrected chi connectivity index (χ0v) is 29.8. The molecule has 0 bridgehead atoms. The summed E-state index contributed by atoms with van der Waals surface area (Å²) in [6.45, 7) is 6.82. The summed E-state index contributed by atoms with van der Waals surface area (Å²) >= 11 is 0. The fourth-order valence-corrected chi connectivity index (χ4v) is 4.64. The second-order valence-electron chi connectivity index (χ2n) is 11.9. The van der Waals surface area contributed by atoms with Crippen molar-refractivity contribution in [1.29, 1.82) is 5.26 Å². The number of alkyl halides is 3. The highest BCUT2D eigenvalue weighted by atomic mass is 19.4. The van der Waals surface area contributed by atoms with Gasteiger partial charge in [-0.1, -0.05) is 44.7 Å². The van der Waals surface area contributed by atoms with Gasteiger partial charge in [0.15, 0.2) is 6.61 Å². The lowest BCUT2D eigenvalue weighted by Crippen LogP contribution is -2.58. The van der Waals surface area contributed by atoms with Crippen molar-refractivity contribution in [2.75, 3.05) is 20.3 Å². The molecule has 2 rings (SSSR count). The second-order valence-corrected chi connectivity index (χ2v) is 11.9. The van der Waals surface area contributed by atoms with Crippen molar-refractivity contribution < 1.29 is 56.5 Å². The summed E-state index contributed by atoms with van der Waals surface area (Å²) in [5.74, 6) is -7.91. The molecule has 0 radical (unpaired) electrons. The van der Waals surface area contributed by atoms with E-state index in [0.29, 0.717) is 11.3 Å². The quantitative estimate of drug-likeness (QED) is 0.105. The summed E-state index contributed by atoms with van der Waals surface area (Å²) in [6.07, 6.45) is -1.30. The Morgan fingerprint density at radius 2 is 1.67 bits per heavy atom. The molecular formula is C37H40F3N5O9. The number of aliphatic carboxylic acids is 1. The fourth-order valence-electron chi connectivity index (χ4n) is 4.64. The Hall–Kier alpha value is -6.44. The number of benzene rings is 2. The Balaban J connectivity index is 2.49. The third-order valence-electron chi connectivity index (χ3n) is 7.45. The monoisotopic (exact) mass is 755 g/mol. The van der Waals surface area contributed by atoms with E-state index in [-0.39, 0.29) is 28.9 Å². The van der Waals surface area contributed by atoms with Crippen LogP contribution < -0.4 is 26.0 Å². The van der Waals surface area contributed by atoms with E-state index >= 15 is 0 Å². The molecule has 0 fully saturated rings. The maximum atomic E-state index is 14.0. The van der Waals surface area contributed by atoms with Crippen LogP contribution in [-0.4, -0.2) is 85.1 Å². The molecule has 3 atom stereocenters. The number of amides is 4. The number of Topliss-reactive ketones (excluding diaryl/α,β-unsaturated/α-hetero) is 1. The van der Waals surface area contributed by atoms with Crippen LogP contribution in [0, 0.1) is 17.2 Å². The van der Waals surface area contributed by atoms with Crippen molar-refractivity contribution in [2.24, 2.45) is 5.92 Å². The lowest BCUT2D eigenvalue weighted by atomic mass is 9.97. The number of ketones is 1. The van der Waals surface area contributed by atoms with E-state index in [2.05, 4.69) is 27.8 Å². The number of allylic oxidation sites excluding steroid dienone is 2. The first-order valence-electron chi connectivity index (χ1n) is 16.2. The molecule has 17 heteroatoms. The highest BCUT2D eigenvalue weighted by Gasteiger charge is 2.45. The van der Waals surface area contributed by atoms with Gasteiger partial charge in [0, 0.05) is 12.0 Å². The molecule has 0 aliphatic heterocycles. The van der Waals surface area contributed by atoms with Gasteiger partial charge in [0.1, 0.15) is 30.1 Å². The third-order valence-corrected chi connectivity index (χ3v) is 7.45. The largest absolute Gasteiger partial charge is 0.497 e. The first kappa shape index (κ1) is 43.7. The van der Waals surface area contributed by atoms with Crippen LogP contribution in [0.15, 0.2) is 84.7 Å².